The number of hydrogen-bond acceptors (Lipinski definition) is 3. The first kappa shape index (κ1) is 15.2. The summed E-state index contributed by atoms with van der Waals surface area (Å²) in [4.78, 5) is 25.2. The van der Waals surface area contributed by atoms with Crippen molar-refractivity contribution in [3.8, 4) is 5.75 Å². The van der Waals surface area contributed by atoms with Crippen molar-refractivity contribution in [1.82, 2.24) is 5.32 Å². The van der Waals surface area contributed by atoms with Crippen molar-refractivity contribution in [3.05, 3.63) is 18.2 Å². The Morgan fingerprint density at radius 1 is 1.38 bits per heavy atom. The van der Waals surface area contributed by atoms with Gasteiger partial charge >= 0.3 is 6.03 Å². The molecule has 1 aliphatic heterocycles. The molecule has 3 amide bonds. The smallest absolute Gasteiger partial charge is 0.319 e. The second kappa shape index (κ2) is 5.63. The Hall–Kier alpha value is -2.24. The van der Waals surface area contributed by atoms with Gasteiger partial charge in [0.1, 0.15) is 11.4 Å². The zero-order valence-electron chi connectivity index (χ0n) is 12.8. The highest BCUT2D eigenvalue weighted by Crippen LogP contribution is 2.37. The number of fused-ring (bicyclic) bond motifs is 1. The predicted molar refractivity (Wildman–Crippen MR) is 81.8 cm³/mol. The molecule has 0 spiro atoms. The molecule has 0 saturated heterocycles. The van der Waals surface area contributed by atoms with E-state index in [0.717, 1.165) is 0 Å². The third-order valence-electron chi connectivity index (χ3n) is 3.09. The highest BCUT2D eigenvalue weighted by atomic mass is 16.5. The van der Waals surface area contributed by atoms with Gasteiger partial charge in [-0.25, -0.2) is 4.79 Å². The number of para-hydroxylation sites is 1. The highest BCUT2D eigenvalue weighted by molar-refractivity contribution is 6.04. The van der Waals surface area contributed by atoms with Gasteiger partial charge in [-0.1, -0.05) is 26.8 Å². The Bertz CT molecular complexity index is 564. The molecule has 6 heteroatoms. The summed E-state index contributed by atoms with van der Waals surface area (Å²) in [6, 6.07) is 5.00. The van der Waals surface area contributed by atoms with Crippen molar-refractivity contribution >= 4 is 23.3 Å². The summed E-state index contributed by atoms with van der Waals surface area (Å²) in [7, 11) is 1.67. The first-order valence-corrected chi connectivity index (χ1v) is 6.85. The van der Waals surface area contributed by atoms with E-state index < -0.39 is 0 Å². The van der Waals surface area contributed by atoms with E-state index in [1.165, 1.54) is 4.90 Å². The van der Waals surface area contributed by atoms with Crippen LogP contribution < -0.4 is 20.3 Å². The van der Waals surface area contributed by atoms with Crippen LogP contribution in [0.15, 0.2) is 18.2 Å². The molecule has 0 saturated carbocycles. The number of carbonyl (C=O) groups is 2. The lowest BCUT2D eigenvalue weighted by Crippen LogP contribution is -2.38. The molecule has 0 aliphatic carbocycles. The SMILES string of the molecule is CN1C(=O)COc2cccc(NC(=O)NCC(C)(C)C)c21. The molecule has 0 radical (unpaired) electrons. The Morgan fingerprint density at radius 2 is 2.10 bits per heavy atom. The summed E-state index contributed by atoms with van der Waals surface area (Å²) in [6.07, 6.45) is 0. The normalized spacial score (nSPS) is 14.3. The van der Waals surface area contributed by atoms with Crippen LogP contribution in [0.5, 0.6) is 5.75 Å². The Kier molecular flexibility index (Phi) is 4.06. The number of likely N-dealkylation sites (N-methyl/N-ethyl adjacent to an activating group) is 1. The lowest BCUT2D eigenvalue weighted by Gasteiger charge is -2.28. The van der Waals surface area contributed by atoms with Gasteiger partial charge in [-0.2, -0.15) is 0 Å². The summed E-state index contributed by atoms with van der Waals surface area (Å²) in [5.74, 6) is 0.442. The van der Waals surface area contributed by atoms with Gasteiger partial charge in [-0.05, 0) is 17.5 Å². The number of benzene rings is 1. The number of urea groups is 1. The molecular weight excluding hydrogens is 270 g/mol. The van der Waals surface area contributed by atoms with Gasteiger partial charge in [0.2, 0.25) is 0 Å². The second-order valence-electron chi connectivity index (χ2n) is 6.26. The number of carbonyl (C=O) groups excluding carboxylic acids is 2. The quantitative estimate of drug-likeness (QED) is 0.877. The van der Waals surface area contributed by atoms with E-state index in [1.807, 2.05) is 20.8 Å². The van der Waals surface area contributed by atoms with Gasteiger partial charge in [0.05, 0.1) is 5.69 Å². The largest absolute Gasteiger partial charge is 0.481 e. The van der Waals surface area contributed by atoms with E-state index in [4.69, 9.17) is 4.74 Å². The minimum atomic E-state index is -0.301. The maximum absolute atomic E-state index is 12.0. The van der Waals surface area contributed by atoms with Crippen molar-refractivity contribution in [2.24, 2.45) is 5.41 Å². The Labute approximate surface area is 124 Å². The summed E-state index contributed by atoms with van der Waals surface area (Å²) in [6.45, 7) is 6.69. The minimum absolute atomic E-state index is 0.00330. The molecule has 2 rings (SSSR count). The van der Waals surface area contributed by atoms with Crippen molar-refractivity contribution < 1.29 is 14.3 Å². The van der Waals surface area contributed by atoms with E-state index in [-0.39, 0.29) is 24.0 Å². The first-order valence-electron chi connectivity index (χ1n) is 6.85. The third-order valence-corrected chi connectivity index (χ3v) is 3.09. The summed E-state index contributed by atoms with van der Waals surface area (Å²) < 4.78 is 5.38. The van der Waals surface area contributed by atoms with E-state index in [0.29, 0.717) is 23.7 Å². The number of nitrogens with one attached hydrogen (secondary N) is 2. The summed E-state index contributed by atoms with van der Waals surface area (Å²) >= 11 is 0. The zero-order chi connectivity index (χ0) is 15.6. The van der Waals surface area contributed by atoms with Crippen LogP contribution in [0.4, 0.5) is 16.2 Å². The van der Waals surface area contributed by atoms with Crippen molar-refractivity contribution in [2.75, 3.05) is 30.4 Å². The van der Waals surface area contributed by atoms with Crippen LogP contribution in [0, 0.1) is 5.41 Å². The van der Waals surface area contributed by atoms with Crippen LogP contribution in [0.3, 0.4) is 0 Å². The zero-order valence-corrected chi connectivity index (χ0v) is 12.8. The van der Waals surface area contributed by atoms with Crippen LogP contribution in [0.1, 0.15) is 20.8 Å². The minimum Gasteiger partial charge on any atom is -0.481 e. The molecule has 21 heavy (non-hydrogen) atoms. The van der Waals surface area contributed by atoms with Crippen LogP contribution in [0.2, 0.25) is 0 Å². The molecule has 1 heterocycles. The van der Waals surface area contributed by atoms with E-state index in [2.05, 4.69) is 10.6 Å². The number of anilines is 2. The number of nitrogens with zero attached hydrogens (tertiary/aromatic N) is 1. The summed E-state index contributed by atoms with van der Waals surface area (Å²) in [5, 5.41) is 5.58. The highest BCUT2D eigenvalue weighted by Gasteiger charge is 2.25. The monoisotopic (exact) mass is 291 g/mol. The first-order chi connectivity index (χ1) is 9.78. The molecule has 114 valence electrons. The fourth-order valence-electron chi connectivity index (χ4n) is 1.96. The van der Waals surface area contributed by atoms with Crippen LogP contribution >= 0.6 is 0 Å². The number of rotatable bonds is 2. The molecule has 1 aromatic carbocycles. The molecule has 0 fully saturated rings. The average molecular weight is 291 g/mol. The van der Waals surface area contributed by atoms with Crippen LogP contribution in [-0.2, 0) is 4.79 Å². The van der Waals surface area contributed by atoms with Gasteiger partial charge < -0.3 is 20.3 Å². The standard InChI is InChI=1S/C15H21N3O3/c1-15(2,3)9-16-14(20)17-10-6-5-7-11-13(10)18(4)12(19)8-21-11/h5-7H,8-9H2,1-4H3,(H2,16,17,20). The fourth-order valence-corrected chi connectivity index (χ4v) is 1.96. The Morgan fingerprint density at radius 3 is 2.76 bits per heavy atom. The lowest BCUT2D eigenvalue weighted by molar-refractivity contribution is -0.120. The lowest BCUT2D eigenvalue weighted by atomic mass is 9.97. The maximum Gasteiger partial charge on any atom is 0.319 e. The maximum atomic E-state index is 12.0. The van der Waals surface area contributed by atoms with Gasteiger partial charge in [0.25, 0.3) is 5.91 Å². The molecule has 2 N–H and O–H groups in total. The van der Waals surface area contributed by atoms with Gasteiger partial charge in [-0.15, -0.1) is 0 Å². The second-order valence-corrected chi connectivity index (χ2v) is 6.26. The molecule has 1 aliphatic rings. The molecule has 6 nitrogen and oxygen atoms in total. The van der Waals surface area contributed by atoms with Crippen LogP contribution in [-0.4, -0.2) is 32.1 Å². The van der Waals surface area contributed by atoms with Crippen molar-refractivity contribution in [2.45, 2.75) is 20.8 Å². The van der Waals surface area contributed by atoms with Gasteiger partial charge in [0, 0.05) is 13.6 Å². The molecule has 1 aromatic rings. The number of hydrogen-bond donors (Lipinski definition) is 2. The summed E-state index contributed by atoms with van der Waals surface area (Å²) in [5.41, 5.74) is 1.14. The number of ether oxygens (including phenoxy) is 1. The molecule has 0 atom stereocenters. The molecule has 0 aromatic heterocycles. The topological polar surface area (TPSA) is 70.7 Å². The Balaban J connectivity index is 2.14. The van der Waals surface area contributed by atoms with Crippen molar-refractivity contribution in [1.29, 1.82) is 0 Å². The van der Waals surface area contributed by atoms with Gasteiger partial charge in [-0.3, -0.25) is 4.79 Å². The van der Waals surface area contributed by atoms with Gasteiger partial charge in [0.15, 0.2) is 6.61 Å². The molecular formula is C15H21N3O3. The predicted octanol–water partition coefficient (Wildman–Crippen LogP) is 2.21. The molecule has 0 unspecified atom stereocenters. The average Bonchev–Trinajstić information content (AvgIpc) is 2.40. The van der Waals surface area contributed by atoms with E-state index in [1.54, 1.807) is 25.2 Å². The fraction of sp³-hybridized carbons (Fsp3) is 0.467. The third kappa shape index (κ3) is 3.65. The molecule has 0 bridgehead atoms. The van der Waals surface area contributed by atoms with Crippen molar-refractivity contribution in [3.63, 3.8) is 0 Å². The number of amides is 3. The van der Waals surface area contributed by atoms with Crippen LogP contribution in [0.25, 0.3) is 0 Å². The van der Waals surface area contributed by atoms with E-state index >= 15 is 0 Å². The van der Waals surface area contributed by atoms with E-state index in [9.17, 15) is 9.59 Å².